The molecule has 3 aliphatic heterocycles. The van der Waals surface area contributed by atoms with E-state index in [0.717, 1.165) is 53.0 Å². The van der Waals surface area contributed by atoms with Gasteiger partial charge in [0.25, 0.3) is 0 Å². The standard InChI is InChI=1S/C21H25BF3NO4S.C20H18F3N3O2S.C15H13BrF3NO2S.C12H24B2O4.C7H6BF3O2.C7H9BrN2O2S.C5H5BrN2/c1-19(2)20(3,4)30-22(29-19)18-13-17(31(27,28)26-5)10-9-15(18)11-14-7-6-8-16(12-14)21(23,24)25;1-25-29(27,28)17-6-5-14(18(12-17)15-7-8-26-19(24)11-15)9-13-3-2-4-16(10-13)20(21,22)23;1-20-23(21,22)13-6-5-11(14(16)9-13)7-10-3-2-4-12(8-10)15(17,18)19;1-9(2)10(3,4)16-13(15-9)14-17-11(5,6)12(7,8)18-14;9-7(10,11)5-2-1-3-6(4-5)8(12)13;1-10-13(11,12)5-2-3-7(9)6(8)4-5;6-4-1-2-8-5(7)3-4/h6-10,12-13,26H,11H2,1-5H3;2-8,10-12,25H,9H2,1H3,(H2,24,26);2-6,8-9,20H,7H2,1H3;1-8H3;1-4,12-13H;2-4,10H,9H2,1H3;1-3H,(H2,7,8). The van der Waals surface area contributed by atoms with Gasteiger partial charge in [0.05, 0.1) is 75.4 Å². The molecule has 0 bridgehead atoms. The Labute approximate surface area is 804 Å². The predicted molar refractivity (Wildman–Crippen MR) is 506 cm³/mol. The van der Waals surface area contributed by atoms with Crippen LogP contribution in [0.4, 0.5) is 70.0 Å². The van der Waals surface area contributed by atoms with Crippen molar-refractivity contribution in [2.45, 2.75) is 180 Å². The Balaban J connectivity index is 0.000000223. The number of hydrogen-bond acceptors (Lipinski definition) is 21. The second-order valence-electron chi connectivity index (χ2n) is 33.3. The number of nitrogens with one attached hydrogen (secondary N) is 4. The van der Waals surface area contributed by atoms with Crippen molar-refractivity contribution in [3.63, 3.8) is 0 Å². The fraction of sp³-hybridized carbons (Fsp3) is 0.333. The van der Waals surface area contributed by atoms with Crippen LogP contribution < -0.4 is 47.0 Å². The van der Waals surface area contributed by atoms with Crippen LogP contribution in [0.25, 0.3) is 11.1 Å². The first-order valence-corrected chi connectivity index (χ1v) is 48.8. The highest BCUT2D eigenvalue weighted by Crippen LogP contribution is 2.45. The van der Waals surface area contributed by atoms with Crippen LogP contribution in [0.15, 0.2) is 240 Å². The summed E-state index contributed by atoms with van der Waals surface area (Å²) in [6.07, 6.45) is -14.0. The summed E-state index contributed by atoms with van der Waals surface area (Å²) in [7, 11) is -12.8. The molecule has 135 heavy (non-hydrogen) atoms. The molecule has 0 spiro atoms. The second kappa shape index (κ2) is 44.8. The summed E-state index contributed by atoms with van der Waals surface area (Å²) in [5.41, 5.74) is 16.1. The van der Waals surface area contributed by atoms with E-state index in [4.69, 9.17) is 55.2 Å². The first kappa shape index (κ1) is 114. The van der Waals surface area contributed by atoms with Crippen LogP contribution in [-0.4, -0.2) is 144 Å². The number of sulfonamides is 4. The van der Waals surface area contributed by atoms with Crippen LogP contribution in [0.1, 0.15) is 139 Å². The zero-order chi connectivity index (χ0) is 102. The molecule has 12 N–H and O–H groups in total. The summed E-state index contributed by atoms with van der Waals surface area (Å²) in [6.45, 7) is 23.7. The number of rotatable bonds is 18. The first-order chi connectivity index (χ1) is 61.9. The van der Waals surface area contributed by atoms with E-state index in [1.54, 1.807) is 60.8 Å². The monoisotopic (exact) mass is 2160 g/mol. The highest BCUT2D eigenvalue weighted by molar-refractivity contribution is 9.11. The van der Waals surface area contributed by atoms with Crippen LogP contribution in [0.2, 0.25) is 0 Å². The molecule has 2 aromatic heterocycles. The minimum absolute atomic E-state index is 0.0208. The van der Waals surface area contributed by atoms with E-state index in [2.05, 4.69) is 76.6 Å². The van der Waals surface area contributed by atoms with E-state index in [0.29, 0.717) is 76.5 Å². The van der Waals surface area contributed by atoms with E-state index >= 15 is 0 Å². The van der Waals surface area contributed by atoms with Gasteiger partial charge in [-0.05, 0) is 299 Å². The van der Waals surface area contributed by atoms with Gasteiger partial charge in [0.2, 0.25) is 40.1 Å². The van der Waals surface area contributed by atoms with E-state index < -0.39 is 127 Å². The SMILES string of the molecule is CC1(C)OB(B2OC(C)(C)C(C)(C)O2)OC1(C)C.CNS(=O)(=O)c1ccc(Cc2cccc(C(F)(F)F)c2)c(-c2ccnc(N)c2)c1.CNS(=O)(=O)c1ccc(Cc2cccc(C(F)(F)F)c2)c(B2OC(C)(C)C(C)(C)O2)c1.CNS(=O)(=O)c1ccc(Cc2cccc(C(F)(F)F)c2)c(Br)c1.CNS(=O)(=O)c1ccc(N)c(Br)c1.Nc1cc(Br)ccn1.OB(O)c1cccc(C(F)(F)F)c1. The molecule has 3 fully saturated rings. The van der Waals surface area contributed by atoms with Gasteiger partial charge < -0.3 is 55.2 Å². The molecule has 0 aliphatic carbocycles. The fourth-order valence-corrected chi connectivity index (χ4v) is 17.0. The van der Waals surface area contributed by atoms with Crippen molar-refractivity contribution >= 4 is 144 Å². The van der Waals surface area contributed by atoms with Gasteiger partial charge >= 0.3 is 53.0 Å². The molecule has 3 aliphatic rings. The molecule has 0 radical (unpaired) electrons. The topological polar surface area (TPSA) is 384 Å². The number of halogens is 15. The van der Waals surface area contributed by atoms with Gasteiger partial charge in [-0.1, -0.05) is 129 Å². The van der Waals surface area contributed by atoms with Crippen LogP contribution in [0.3, 0.4) is 0 Å². The third-order valence-corrected chi connectivity index (χ3v) is 29.6. The maximum atomic E-state index is 13.1. The Bertz CT molecular complexity index is 6210. The number of pyridine rings is 2. The van der Waals surface area contributed by atoms with Crippen molar-refractivity contribution in [2.75, 3.05) is 45.4 Å². The lowest BCUT2D eigenvalue weighted by Crippen LogP contribution is -2.41. The number of anilines is 3. The van der Waals surface area contributed by atoms with Crippen molar-refractivity contribution in [3.05, 3.63) is 276 Å². The van der Waals surface area contributed by atoms with Crippen molar-refractivity contribution in [1.29, 1.82) is 0 Å². The smallest absolute Gasteiger partial charge is 0.423 e. The van der Waals surface area contributed by atoms with Crippen LogP contribution in [0.5, 0.6) is 0 Å². The molecule has 5 heterocycles. The van der Waals surface area contributed by atoms with Gasteiger partial charge in [0.15, 0.2) is 0 Å². The molecule has 0 atom stereocenters. The third kappa shape index (κ3) is 31.1. The zero-order valence-corrected chi connectivity index (χ0v) is 83.6. The number of nitrogens with zero attached hydrogens (tertiary/aromatic N) is 2. The number of nitrogens with two attached hydrogens (primary N) is 3. The normalized spacial score (nSPS) is 16.0. The summed E-state index contributed by atoms with van der Waals surface area (Å²) < 4.78 is 295. The molecule has 3 saturated heterocycles. The van der Waals surface area contributed by atoms with Crippen LogP contribution >= 0.6 is 47.8 Å². The number of aromatic nitrogens is 2. The van der Waals surface area contributed by atoms with Crippen molar-refractivity contribution in [1.82, 2.24) is 28.9 Å². The van der Waals surface area contributed by atoms with Gasteiger partial charge in [0.1, 0.15) is 11.6 Å². The highest BCUT2D eigenvalue weighted by Gasteiger charge is 2.64. The molecule has 10 aromatic rings. The van der Waals surface area contributed by atoms with Gasteiger partial charge in [-0.25, -0.2) is 62.5 Å². The third-order valence-electron chi connectivity index (χ3n) is 22.1. The molecule has 0 amide bonds. The van der Waals surface area contributed by atoms with Crippen LogP contribution in [-0.2, 0) is 112 Å². The van der Waals surface area contributed by atoms with E-state index in [9.17, 15) is 86.4 Å². The Kier molecular flexibility index (Phi) is 37.7. The summed E-state index contributed by atoms with van der Waals surface area (Å²) >= 11 is 9.66. The summed E-state index contributed by atoms with van der Waals surface area (Å²) in [5, 5.41) is 17.2. The van der Waals surface area contributed by atoms with Crippen molar-refractivity contribution in [3.8, 4) is 11.1 Å². The molecule has 25 nitrogen and oxygen atoms in total. The summed E-state index contributed by atoms with van der Waals surface area (Å²) in [6, 6.07) is 43.7. The Hall–Kier alpha value is -8.36. The molecule has 0 unspecified atom stereocenters. The van der Waals surface area contributed by atoms with E-state index in [1.165, 1.54) is 113 Å². The summed E-state index contributed by atoms with van der Waals surface area (Å²) in [4.78, 5) is 8.05. The minimum Gasteiger partial charge on any atom is -0.423 e. The quantitative estimate of drug-likeness (QED) is 0.0219. The summed E-state index contributed by atoms with van der Waals surface area (Å²) in [5.74, 6) is 0.786. The first-order valence-electron chi connectivity index (χ1n) is 40.5. The minimum atomic E-state index is -4.45. The second-order valence-corrected chi connectivity index (χ2v) is 43.4. The molecular weight excluding hydrogens is 2070 g/mol. The fourth-order valence-electron chi connectivity index (χ4n) is 12.4. The van der Waals surface area contributed by atoms with Gasteiger partial charge in [-0.15, -0.1) is 0 Å². The number of nitrogen functional groups attached to an aromatic ring is 3. The molecule has 8 aromatic carbocycles. The maximum Gasteiger partial charge on any atom is 0.495 e. The number of alkyl halides is 12. The number of hydrogen-bond donors (Lipinski definition) is 9. The molecule has 0 saturated carbocycles. The highest BCUT2D eigenvalue weighted by atomic mass is 79.9. The zero-order valence-electron chi connectivity index (χ0n) is 75.6. The molecular formula is C87H100B4Br3F12N9O16S4. The lowest BCUT2D eigenvalue weighted by molar-refractivity contribution is -0.138. The lowest BCUT2D eigenvalue weighted by Gasteiger charge is -2.32. The number of benzene rings is 8. The lowest BCUT2D eigenvalue weighted by atomic mass is 9.49. The predicted octanol–water partition coefficient (Wildman–Crippen LogP) is 16.3. The molecule has 730 valence electrons. The average Bonchev–Trinajstić information content (AvgIpc) is 1.60. The Morgan fingerprint density at radius 1 is 0.370 bits per heavy atom. The van der Waals surface area contributed by atoms with Gasteiger partial charge in [-0.2, -0.15) is 52.7 Å². The van der Waals surface area contributed by atoms with E-state index in [-0.39, 0.29) is 72.5 Å². The van der Waals surface area contributed by atoms with Gasteiger partial charge in [0, 0.05) is 31.5 Å². The van der Waals surface area contributed by atoms with Crippen molar-refractivity contribution in [2.24, 2.45) is 0 Å². The Morgan fingerprint density at radius 2 is 0.689 bits per heavy atom. The Morgan fingerprint density at radius 3 is 1.04 bits per heavy atom. The van der Waals surface area contributed by atoms with Crippen molar-refractivity contribution < 1.29 is 124 Å². The average molecular weight is 2170 g/mol. The maximum absolute atomic E-state index is 13.1. The molecule has 48 heteroatoms. The largest absolute Gasteiger partial charge is 0.495 e. The molecule has 13 rings (SSSR count). The van der Waals surface area contributed by atoms with Gasteiger partial charge in [-0.3, -0.25) is 0 Å². The van der Waals surface area contributed by atoms with Crippen LogP contribution in [0, 0.1) is 0 Å². The van der Waals surface area contributed by atoms with E-state index in [1.807, 2.05) is 89.2 Å².